The molecule has 1 fully saturated rings. The van der Waals surface area contributed by atoms with Gasteiger partial charge in [0.2, 0.25) is 0 Å². The van der Waals surface area contributed by atoms with E-state index in [4.69, 9.17) is 10.2 Å². The van der Waals surface area contributed by atoms with Gasteiger partial charge in [-0.05, 0) is 18.8 Å². The normalized spacial score (nSPS) is 43.7. The number of aliphatic hydroxyl groups is 2. The van der Waals surface area contributed by atoms with Crippen molar-refractivity contribution in [3.8, 4) is 0 Å². The van der Waals surface area contributed by atoms with Crippen LogP contribution in [0.2, 0.25) is 0 Å². The first kappa shape index (κ1) is 7.51. The minimum absolute atomic E-state index is 0.264. The van der Waals surface area contributed by atoms with Gasteiger partial charge in [0.25, 0.3) is 0 Å². The number of hydrogen-bond donors (Lipinski definition) is 2. The fraction of sp³-hybridized carbons (Fsp3) is 1.00. The zero-order valence-corrected chi connectivity index (χ0v) is 6.71. The standard InChI is InChI=1S/C6H11BrO2/c7-3-4-1-5(8)2-6(4)9/h4-6,8-9H,1-3H2. The lowest BCUT2D eigenvalue weighted by molar-refractivity contribution is 0.125. The van der Waals surface area contributed by atoms with Crippen LogP contribution in [-0.2, 0) is 0 Å². The second-order valence-corrected chi connectivity index (χ2v) is 3.25. The Hall–Kier alpha value is 0.400. The maximum atomic E-state index is 9.17. The van der Waals surface area contributed by atoms with Gasteiger partial charge in [-0.15, -0.1) is 0 Å². The summed E-state index contributed by atoms with van der Waals surface area (Å²) >= 11 is 3.27. The van der Waals surface area contributed by atoms with E-state index in [1.165, 1.54) is 0 Å². The van der Waals surface area contributed by atoms with Crippen LogP contribution in [0, 0.1) is 5.92 Å². The van der Waals surface area contributed by atoms with Crippen LogP contribution in [0.5, 0.6) is 0 Å². The van der Waals surface area contributed by atoms with Crippen LogP contribution < -0.4 is 0 Å². The summed E-state index contributed by atoms with van der Waals surface area (Å²) in [6.07, 6.45) is 0.727. The second-order valence-electron chi connectivity index (χ2n) is 2.61. The predicted molar refractivity (Wildman–Crippen MR) is 38.5 cm³/mol. The summed E-state index contributed by atoms with van der Waals surface area (Å²) in [7, 11) is 0. The first-order chi connectivity index (χ1) is 4.24. The summed E-state index contributed by atoms with van der Waals surface area (Å²) in [5.41, 5.74) is 0. The third-order valence-corrected chi connectivity index (χ3v) is 2.66. The molecule has 0 aromatic heterocycles. The van der Waals surface area contributed by atoms with Gasteiger partial charge in [-0.2, -0.15) is 0 Å². The fourth-order valence-corrected chi connectivity index (χ4v) is 1.94. The van der Waals surface area contributed by atoms with Crippen molar-refractivity contribution in [2.45, 2.75) is 25.0 Å². The first-order valence-electron chi connectivity index (χ1n) is 3.16. The van der Waals surface area contributed by atoms with E-state index in [-0.39, 0.29) is 18.1 Å². The van der Waals surface area contributed by atoms with Crippen LogP contribution in [0.15, 0.2) is 0 Å². The summed E-state index contributed by atoms with van der Waals surface area (Å²) in [6.45, 7) is 0. The van der Waals surface area contributed by atoms with Gasteiger partial charge in [-0.25, -0.2) is 0 Å². The molecule has 2 nitrogen and oxygen atoms in total. The molecule has 0 aliphatic heterocycles. The van der Waals surface area contributed by atoms with Crippen molar-refractivity contribution in [2.75, 3.05) is 5.33 Å². The van der Waals surface area contributed by atoms with Gasteiger partial charge in [-0.1, -0.05) is 15.9 Å². The molecule has 0 saturated heterocycles. The number of alkyl halides is 1. The van der Waals surface area contributed by atoms with Gasteiger partial charge in [0.15, 0.2) is 0 Å². The van der Waals surface area contributed by atoms with Crippen molar-refractivity contribution in [3.05, 3.63) is 0 Å². The van der Waals surface area contributed by atoms with Crippen LogP contribution >= 0.6 is 15.9 Å². The van der Waals surface area contributed by atoms with Gasteiger partial charge in [0, 0.05) is 5.33 Å². The van der Waals surface area contributed by atoms with Crippen molar-refractivity contribution in [1.82, 2.24) is 0 Å². The average Bonchev–Trinajstić information content (AvgIpc) is 2.10. The molecule has 0 bridgehead atoms. The van der Waals surface area contributed by atoms with E-state index >= 15 is 0 Å². The first-order valence-corrected chi connectivity index (χ1v) is 4.28. The van der Waals surface area contributed by atoms with E-state index < -0.39 is 0 Å². The quantitative estimate of drug-likeness (QED) is 0.598. The molecular weight excluding hydrogens is 184 g/mol. The lowest BCUT2D eigenvalue weighted by Crippen LogP contribution is -2.13. The van der Waals surface area contributed by atoms with Gasteiger partial charge in [-0.3, -0.25) is 0 Å². The lowest BCUT2D eigenvalue weighted by atomic mass is 10.1. The van der Waals surface area contributed by atoms with E-state index in [1.54, 1.807) is 0 Å². The van der Waals surface area contributed by atoms with Crippen LogP contribution in [0.1, 0.15) is 12.8 Å². The van der Waals surface area contributed by atoms with E-state index in [2.05, 4.69) is 15.9 Å². The van der Waals surface area contributed by atoms with Crippen LogP contribution in [0.25, 0.3) is 0 Å². The Morgan fingerprint density at radius 3 is 2.22 bits per heavy atom. The van der Waals surface area contributed by atoms with Crippen molar-refractivity contribution >= 4 is 15.9 Å². The minimum Gasteiger partial charge on any atom is -0.393 e. The molecule has 2 N–H and O–H groups in total. The highest BCUT2D eigenvalue weighted by atomic mass is 79.9. The van der Waals surface area contributed by atoms with Gasteiger partial charge >= 0.3 is 0 Å². The highest BCUT2D eigenvalue weighted by Gasteiger charge is 2.30. The Bertz CT molecular complexity index is 97.1. The Kier molecular flexibility index (Phi) is 2.50. The Balaban J connectivity index is 2.38. The van der Waals surface area contributed by atoms with Crippen molar-refractivity contribution in [2.24, 2.45) is 5.92 Å². The summed E-state index contributed by atoms with van der Waals surface area (Å²) in [5.74, 6) is 0.264. The van der Waals surface area contributed by atoms with Gasteiger partial charge < -0.3 is 10.2 Å². The molecule has 54 valence electrons. The molecule has 1 saturated carbocycles. The lowest BCUT2D eigenvalue weighted by Gasteiger charge is -2.07. The zero-order valence-electron chi connectivity index (χ0n) is 5.13. The van der Waals surface area contributed by atoms with E-state index in [0.717, 1.165) is 11.8 Å². The maximum absolute atomic E-state index is 9.17. The maximum Gasteiger partial charge on any atom is 0.0601 e. The number of halogens is 1. The number of hydrogen-bond acceptors (Lipinski definition) is 2. The molecule has 1 aliphatic rings. The van der Waals surface area contributed by atoms with E-state index in [1.807, 2.05) is 0 Å². The topological polar surface area (TPSA) is 40.5 Å². The highest BCUT2D eigenvalue weighted by molar-refractivity contribution is 9.09. The molecule has 1 aliphatic carbocycles. The Labute approximate surface area is 63.0 Å². The monoisotopic (exact) mass is 194 g/mol. The summed E-state index contributed by atoms with van der Waals surface area (Å²) in [6, 6.07) is 0. The average molecular weight is 195 g/mol. The molecule has 0 radical (unpaired) electrons. The fourth-order valence-electron chi connectivity index (χ4n) is 1.24. The molecule has 3 heteroatoms. The molecule has 3 atom stereocenters. The third kappa shape index (κ3) is 1.66. The summed E-state index contributed by atoms with van der Waals surface area (Å²) in [5, 5.41) is 19.0. The van der Waals surface area contributed by atoms with Gasteiger partial charge in [0.05, 0.1) is 12.2 Å². The van der Waals surface area contributed by atoms with Crippen LogP contribution in [-0.4, -0.2) is 27.8 Å². The molecule has 0 amide bonds. The van der Waals surface area contributed by atoms with Crippen LogP contribution in [0.3, 0.4) is 0 Å². The van der Waals surface area contributed by atoms with Gasteiger partial charge in [0.1, 0.15) is 0 Å². The molecule has 3 unspecified atom stereocenters. The SMILES string of the molecule is OC1CC(O)C(CBr)C1. The van der Waals surface area contributed by atoms with Crippen molar-refractivity contribution in [3.63, 3.8) is 0 Å². The number of aliphatic hydroxyl groups excluding tert-OH is 2. The van der Waals surface area contributed by atoms with Crippen molar-refractivity contribution < 1.29 is 10.2 Å². The molecule has 0 aromatic carbocycles. The summed E-state index contributed by atoms with van der Waals surface area (Å²) < 4.78 is 0. The molecule has 0 heterocycles. The summed E-state index contributed by atoms with van der Waals surface area (Å²) in [4.78, 5) is 0. The smallest absolute Gasteiger partial charge is 0.0601 e. The molecule has 9 heavy (non-hydrogen) atoms. The van der Waals surface area contributed by atoms with Crippen LogP contribution in [0.4, 0.5) is 0 Å². The van der Waals surface area contributed by atoms with Crippen molar-refractivity contribution in [1.29, 1.82) is 0 Å². The second kappa shape index (κ2) is 2.99. The Morgan fingerprint density at radius 2 is 2.00 bits per heavy atom. The van der Waals surface area contributed by atoms with E-state index in [9.17, 15) is 0 Å². The number of rotatable bonds is 1. The minimum atomic E-state index is -0.292. The Morgan fingerprint density at radius 1 is 1.33 bits per heavy atom. The third-order valence-electron chi connectivity index (χ3n) is 1.83. The molecule has 1 rings (SSSR count). The van der Waals surface area contributed by atoms with E-state index in [0.29, 0.717) is 6.42 Å². The molecule has 0 spiro atoms. The zero-order chi connectivity index (χ0) is 6.85. The highest BCUT2D eigenvalue weighted by Crippen LogP contribution is 2.27. The molecular formula is C6H11BrO2. The predicted octanol–water partition coefficient (Wildman–Crippen LogP) is 0.513. The molecule has 0 aromatic rings. The largest absolute Gasteiger partial charge is 0.393 e.